The molecule has 2 aromatic rings. The standard InChI is InChI=1S/C20H23FN4O/c21-16-5-1-2-6-17(16)23-20(26)24-19-15-7-10-25(11-8-15)18(19)12-14-4-3-9-22-13-14/h1-6,9,13,15,18-19H,7-8,10-12H2,(H2,23,24,26)/t18-,19+/m1/s1. The molecule has 0 spiro atoms. The van der Waals surface area contributed by atoms with Crippen LogP contribution in [0.15, 0.2) is 48.8 Å². The topological polar surface area (TPSA) is 57.3 Å². The molecule has 0 saturated carbocycles. The van der Waals surface area contributed by atoms with E-state index in [1.165, 1.54) is 11.6 Å². The fraction of sp³-hybridized carbons (Fsp3) is 0.400. The molecule has 6 heteroatoms. The van der Waals surface area contributed by atoms with E-state index in [0.29, 0.717) is 5.92 Å². The number of hydrogen-bond donors (Lipinski definition) is 2. The highest BCUT2D eigenvalue weighted by Gasteiger charge is 2.42. The zero-order valence-electron chi connectivity index (χ0n) is 14.6. The van der Waals surface area contributed by atoms with Crippen LogP contribution in [0.5, 0.6) is 0 Å². The Morgan fingerprint density at radius 2 is 2.00 bits per heavy atom. The SMILES string of the molecule is O=C(Nc1ccccc1F)N[C@H]1C2CCN(CC2)[C@@H]1Cc1cccnc1. The highest BCUT2D eigenvalue weighted by Crippen LogP contribution is 2.34. The van der Waals surface area contributed by atoms with Crippen LogP contribution in [0.3, 0.4) is 0 Å². The van der Waals surface area contributed by atoms with Gasteiger partial charge in [-0.05, 0) is 62.0 Å². The third-order valence-electron chi connectivity index (χ3n) is 5.55. The van der Waals surface area contributed by atoms with Crippen LogP contribution in [0, 0.1) is 11.7 Å². The smallest absolute Gasteiger partial charge is 0.319 e. The quantitative estimate of drug-likeness (QED) is 0.887. The average Bonchev–Trinajstić information content (AvgIpc) is 2.67. The summed E-state index contributed by atoms with van der Waals surface area (Å²) in [5.41, 5.74) is 1.38. The van der Waals surface area contributed by atoms with Gasteiger partial charge in [-0.15, -0.1) is 0 Å². The van der Waals surface area contributed by atoms with E-state index in [9.17, 15) is 9.18 Å². The maximum Gasteiger partial charge on any atom is 0.319 e. The van der Waals surface area contributed by atoms with E-state index >= 15 is 0 Å². The van der Waals surface area contributed by atoms with Crippen molar-refractivity contribution in [3.8, 4) is 0 Å². The van der Waals surface area contributed by atoms with Gasteiger partial charge >= 0.3 is 6.03 Å². The number of anilines is 1. The van der Waals surface area contributed by atoms with Crippen molar-refractivity contribution in [2.75, 3.05) is 18.4 Å². The van der Waals surface area contributed by atoms with Gasteiger partial charge in [-0.1, -0.05) is 18.2 Å². The summed E-state index contributed by atoms with van der Waals surface area (Å²) in [5.74, 6) is 0.0384. The Morgan fingerprint density at radius 1 is 1.19 bits per heavy atom. The molecule has 5 nitrogen and oxygen atoms in total. The Morgan fingerprint density at radius 3 is 2.73 bits per heavy atom. The van der Waals surface area contributed by atoms with Crippen LogP contribution >= 0.6 is 0 Å². The lowest BCUT2D eigenvalue weighted by Gasteiger charge is -2.51. The first kappa shape index (κ1) is 17.0. The number of urea groups is 1. The van der Waals surface area contributed by atoms with Crippen molar-refractivity contribution >= 4 is 11.7 Å². The van der Waals surface area contributed by atoms with Gasteiger partial charge in [0, 0.05) is 24.5 Å². The van der Waals surface area contributed by atoms with Gasteiger partial charge in [0.25, 0.3) is 0 Å². The van der Waals surface area contributed by atoms with E-state index in [0.717, 1.165) is 32.4 Å². The van der Waals surface area contributed by atoms with Crippen molar-refractivity contribution in [1.82, 2.24) is 15.2 Å². The Balaban J connectivity index is 1.47. The number of para-hydroxylation sites is 1. The van der Waals surface area contributed by atoms with Gasteiger partial charge in [-0.2, -0.15) is 0 Å². The molecule has 3 aliphatic heterocycles. The van der Waals surface area contributed by atoms with Crippen molar-refractivity contribution in [3.05, 3.63) is 60.2 Å². The molecule has 136 valence electrons. The molecular formula is C20H23FN4O. The lowest BCUT2D eigenvalue weighted by molar-refractivity contribution is 0.0184. The van der Waals surface area contributed by atoms with Crippen LogP contribution in [0.1, 0.15) is 18.4 Å². The van der Waals surface area contributed by atoms with Crippen LogP contribution in [0.25, 0.3) is 0 Å². The number of carbonyl (C=O) groups is 1. The normalized spacial score (nSPS) is 27.1. The zero-order valence-corrected chi connectivity index (χ0v) is 14.6. The predicted octanol–water partition coefficient (Wildman–Crippen LogP) is 3.05. The van der Waals surface area contributed by atoms with E-state index in [1.54, 1.807) is 24.4 Å². The van der Waals surface area contributed by atoms with Crippen molar-refractivity contribution in [1.29, 1.82) is 0 Å². The second kappa shape index (κ2) is 7.41. The number of piperidine rings is 3. The number of nitrogens with one attached hydrogen (secondary N) is 2. The number of aromatic nitrogens is 1. The van der Waals surface area contributed by atoms with Crippen LogP contribution in [-0.4, -0.2) is 41.1 Å². The largest absolute Gasteiger partial charge is 0.333 e. The zero-order chi connectivity index (χ0) is 17.9. The maximum absolute atomic E-state index is 13.8. The molecule has 1 aromatic heterocycles. The summed E-state index contributed by atoms with van der Waals surface area (Å²) in [5, 5.41) is 5.76. The summed E-state index contributed by atoms with van der Waals surface area (Å²) in [6.07, 6.45) is 6.70. The van der Waals surface area contributed by atoms with Crippen LogP contribution < -0.4 is 10.6 Å². The molecule has 2 atom stereocenters. The van der Waals surface area contributed by atoms with Crippen molar-refractivity contribution in [2.45, 2.75) is 31.3 Å². The predicted molar refractivity (Wildman–Crippen MR) is 98.4 cm³/mol. The summed E-state index contributed by atoms with van der Waals surface area (Å²) in [7, 11) is 0. The molecule has 3 saturated heterocycles. The van der Waals surface area contributed by atoms with Crippen LogP contribution in [0.2, 0.25) is 0 Å². The van der Waals surface area contributed by atoms with Gasteiger partial charge < -0.3 is 10.6 Å². The molecule has 0 aliphatic carbocycles. The number of benzene rings is 1. The number of fused-ring (bicyclic) bond motifs is 3. The highest BCUT2D eigenvalue weighted by molar-refractivity contribution is 5.89. The van der Waals surface area contributed by atoms with E-state index in [4.69, 9.17) is 0 Å². The van der Waals surface area contributed by atoms with Crippen LogP contribution in [0.4, 0.5) is 14.9 Å². The van der Waals surface area contributed by atoms with E-state index in [1.807, 2.05) is 12.3 Å². The Labute approximate surface area is 152 Å². The summed E-state index contributed by atoms with van der Waals surface area (Å²) >= 11 is 0. The van der Waals surface area contributed by atoms with Gasteiger partial charge in [0.2, 0.25) is 0 Å². The molecular weight excluding hydrogens is 331 g/mol. The fourth-order valence-corrected chi connectivity index (χ4v) is 4.25. The highest BCUT2D eigenvalue weighted by atomic mass is 19.1. The average molecular weight is 354 g/mol. The summed E-state index contributed by atoms with van der Waals surface area (Å²) < 4.78 is 13.8. The Kier molecular flexibility index (Phi) is 4.84. The maximum atomic E-state index is 13.8. The van der Waals surface area contributed by atoms with E-state index in [-0.39, 0.29) is 23.8 Å². The van der Waals surface area contributed by atoms with Crippen molar-refractivity contribution in [3.63, 3.8) is 0 Å². The molecule has 2 bridgehead atoms. The summed E-state index contributed by atoms with van der Waals surface area (Å²) in [6.45, 7) is 2.14. The van der Waals surface area contributed by atoms with Gasteiger partial charge in [0.15, 0.2) is 0 Å². The molecule has 1 aromatic carbocycles. The third kappa shape index (κ3) is 3.55. The molecule has 0 radical (unpaired) electrons. The van der Waals surface area contributed by atoms with Crippen molar-refractivity contribution < 1.29 is 9.18 Å². The van der Waals surface area contributed by atoms with Gasteiger partial charge in [-0.3, -0.25) is 9.88 Å². The number of pyridine rings is 1. The minimum atomic E-state index is -0.427. The Bertz CT molecular complexity index is 761. The van der Waals surface area contributed by atoms with Crippen molar-refractivity contribution in [2.24, 2.45) is 5.92 Å². The monoisotopic (exact) mass is 354 g/mol. The molecule has 2 amide bonds. The number of hydrogen-bond acceptors (Lipinski definition) is 3. The molecule has 26 heavy (non-hydrogen) atoms. The molecule has 5 rings (SSSR count). The minimum absolute atomic E-state index is 0.0597. The second-order valence-corrected chi connectivity index (χ2v) is 7.11. The first-order valence-electron chi connectivity index (χ1n) is 9.16. The second-order valence-electron chi connectivity index (χ2n) is 7.11. The first-order chi connectivity index (χ1) is 12.7. The van der Waals surface area contributed by atoms with Gasteiger partial charge in [0.1, 0.15) is 5.82 Å². The number of halogens is 1. The molecule has 3 fully saturated rings. The third-order valence-corrected chi connectivity index (χ3v) is 5.55. The van der Waals surface area contributed by atoms with Gasteiger partial charge in [0.05, 0.1) is 5.69 Å². The number of nitrogens with zero attached hydrogens (tertiary/aromatic N) is 2. The number of carbonyl (C=O) groups excluding carboxylic acids is 1. The number of amides is 2. The molecule has 3 aliphatic rings. The lowest BCUT2D eigenvalue weighted by Crippen LogP contribution is -2.64. The number of rotatable bonds is 4. The van der Waals surface area contributed by atoms with Gasteiger partial charge in [-0.25, -0.2) is 9.18 Å². The summed E-state index contributed by atoms with van der Waals surface area (Å²) in [4.78, 5) is 19.2. The Hall–Kier alpha value is -2.47. The van der Waals surface area contributed by atoms with E-state index in [2.05, 4.69) is 26.6 Å². The minimum Gasteiger partial charge on any atom is -0.333 e. The molecule has 0 unspecified atom stereocenters. The summed E-state index contributed by atoms with van der Waals surface area (Å²) in [6, 6.07) is 10.2. The first-order valence-corrected chi connectivity index (χ1v) is 9.16. The fourth-order valence-electron chi connectivity index (χ4n) is 4.25. The van der Waals surface area contributed by atoms with Crippen LogP contribution in [-0.2, 0) is 6.42 Å². The molecule has 4 heterocycles. The van der Waals surface area contributed by atoms with E-state index < -0.39 is 5.82 Å². The molecule has 2 N–H and O–H groups in total. The lowest BCUT2D eigenvalue weighted by atomic mass is 9.77.